The Bertz CT molecular complexity index is 701. The van der Waals surface area contributed by atoms with Gasteiger partial charge in [0.15, 0.2) is 0 Å². The maximum absolute atomic E-state index is 5.45. The molecule has 0 aliphatic heterocycles. The van der Waals surface area contributed by atoms with Gasteiger partial charge in [0.1, 0.15) is 17.7 Å². The van der Waals surface area contributed by atoms with E-state index < -0.39 is 0 Å². The van der Waals surface area contributed by atoms with Gasteiger partial charge in [-0.15, -0.1) is 0 Å². The van der Waals surface area contributed by atoms with Crippen LogP contribution in [0.25, 0.3) is 22.3 Å². The van der Waals surface area contributed by atoms with Crippen LogP contribution in [0.15, 0.2) is 36.8 Å². The molecule has 19 heavy (non-hydrogen) atoms. The molecule has 0 saturated carbocycles. The molecule has 3 aromatic rings. The minimum Gasteiger partial charge on any atom is -0.494 e. The highest BCUT2D eigenvalue weighted by molar-refractivity contribution is 5.93. The zero-order valence-corrected chi connectivity index (χ0v) is 11.0. The SMILES string of the molecule is CCOc1ccc(-c2ncnc3[nH]cc(C)c23)cc1. The van der Waals surface area contributed by atoms with Crippen molar-refractivity contribution in [3.05, 3.63) is 42.4 Å². The second-order valence-electron chi connectivity index (χ2n) is 4.37. The van der Waals surface area contributed by atoms with Crippen LogP contribution in [-0.4, -0.2) is 21.6 Å². The molecule has 3 rings (SSSR count). The van der Waals surface area contributed by atoms with Gasteiger partial charge in [0.2, 0.25) is 0 Å². The molecule has 0 saturated heterocycles. The van der Waals surface area contributed by atoms with Crippen LogP contribution in [0.3, 0.4) is 0 Å². The molecule has 0 radical (unpaired) electrons. The Labute approximate surface area is 111 Å². The average molecular weight is 253 g/mol. The lowest BCUT2D eigenvalue weighted by Crippen LogP contribution is -1.92. The molecule has 2 heterocycles. The minimum atomic E-state index is 0.675. The largest absolute Gasteiger partial charge is 0.494 e. The van der Waals surface area contributed by atoms with E-state index in [1.165, 1.54) is 0 Å². The van der Waals surface area contributed by atoms with Crippen LogP contribution in [0.1, 0.15) is 12.5 Å². The first-order chi connectivity index (χ1) is 9.29. The monoisotopic (exact) mass is 253 g/mol. The van der Waals surface area contributed by atoms with Crippen molar-refractivity contribution >= 4 is 11.0 Å². The number of benzene rings is 1. The number of rotatable bonds is 3. The predicted molar refractivity (Wildman–Crippen MR) is 75.2 cm³/mol. The molecule has 0 atom stereocenters. The second kappa shape index (κ2) is 4.72. The van der Waals surface area contributed by atoms with Gasteiger partial charge in [-0.3, -0.25) is 0 Å². The van der Waals surface area contributed by atoms with E-state index in [2.05, 4.69) is 21.9 Å². The van der Waals surface area contributed by atoms with Crippen LogP contribution in [0.4, 0.5) is 0 Å². The Morgan fingerprint density at radius 2 is 1.95 bits per heavy atom. The highest BCUT2D eigenvalue weighted by atomic mass is 16.5. The van der Waals surface area contributed by atoms with E-state index in [0.29, 0.717) is 6.61 Å². The summed E-state index contributed by atoms with van der Waals surface area (Å²) in [6, 6.07) is 7.99. The Kier molecular flexibility index (Phi) is 2.91. The number of nitrogens with one attached hydrogen (secondary N) is 1. The van der Waals surface area contributed by atoms with Crippen molar-refractivity contribution in [2.45, 2.75) is 13.8 Å². The maximum Gasteiger partial charge on any atom is 0.141 e. The highest BCUT2D eigenvalue weighted by Gasteiger charge is 2.10. The smallest absolute Gasteiger partial charge is 0.141 e. The fraction of sp³-hybridized carbons (Fsp3) is 0.200. The van der Waals surface area contributed by atoms with E-state index in [1.54, 1.807) is 6.33 Å². The summed E-state index contributed by atoms with van der Waals surface area (Å²) in [5.41, 5.74) is 4.04. The number of hydrogen-bond donors (Lipinski definition) is 1. The number of nitrogens with zero attached hydrogens (tertiary/aromatic N) is 2. The predicted octanol–water partition coefficient (Wildman–Crippen LogP) is 3.33. The summed E-state index contributed by atoms with van der Waals surface area (Å²) >= 11 is 0. The van der Waals surface area contributed by atoms with Gasteiger partial charge in [0.05, 0.1) is 12.3 Å². The van der Waals surface area contributed by atoms with Crippen molar-refractivity contribution in [1.29, 1.82) is 0 Å². The van der Waals surface area contributed by atoms with E-state index in [-0.39, 0.29) is 0 Å². The normalized spacial score (nSPS) is 10.8. The Hall–Kier alpha value is -2.36. The molecule has 0 fully saturated rings. The number of hydrogen-bond acceptors (Lipinski definition) is 3. The maximum atomic E-state index is 5.45. The lowest BCUT2D eigenvalue weighted by Gasteiger charge is -2.06. The second-order valence-corrected chi connectivity index (χ2v) is 4.37. The molecule has 96 valence electrons. The summed E-state index contributed by atoms with van der Waals surface area (Å²) in [6.07, 6.45) is 3.54. The topological polar surface area (TPSA) is 50.8 Å². The molecule has 0 aliphatic rings. The van der Waals surface area contributed by atoms with Gasteiger partial charge in [-0.05, 0) is 43.7 Å². The van der Waals surface area contributed by atoms with Crippen molar-refractivity contribution in [2.24, 2.45) is 0 Å². The first kappa shape index (κ1) is 11.7. The van der Waals surface area contributed by atoms with E-state index in [9.17, 15) is 0 Å². The van der Waals surface area contributed by atoms with Crippen LogP contribution >= 0.6 is 0 Å². The molecule has 4 nitrogen and oxygen atoms in total. The summed E-state index contributed by atoms with van der Waals surface area (Å²) in [5.74, 6) is 0.877. The van der Waals surface area contributed by atoms with E-state index in [4.69, 9.17) is 4.74 Å². The lowest BCUT2D eigenvalue weighted by molar-refractivity contribution is 0.340. The summed E-state index contributed by atoms with van der Waals surface area (Å²) in [4.78, 5) is 11.8. The van der Waals surface area contributed by atoms with E-state index in [0.717, 1.165) is 33.6 Å². The van der Waals surface area contributed by atoms with Crippen LogP contribution in [0.2, 0.25) is 0 Å². The Balaban J connectivity index is 2.11. The van der Waals surface area contributed by atoms with Gasteiger partial charge in [-0.1, -0.05) is 0 Å². The molecule has 0 aliphatic carbocycles. The third-order valence-electron chi connectivity index (χ3n) is 3.11. The molecule has 0 amide bonds. The van der Waals surface area contributed by atoms with E-state index >= 15 is 0 Å². The lowest BCUT2D eigenvalue weighted by atomic mass is 10.1. The van der Waals surface area contributed by atoms with Crippen molar-refractivity contribution in [3.63, 3.8) is 0 Å². The molecule has 2 aromatic heterocycles. The molecule has 0 spiro atoms. The van der Waals surface area contributed by atoms with Gasteiger partial charge < -0.3 is 9.72 Å². The third-order valence-corrected chi connectivity index (χ3v) is 3.11. The first-order valence-electron chi connectivity index (χ1n) is 6.31. The highest BCUT2D eigenvalue weighted by Crippen LogP contribution is 2.28. The molecule has 1 N–H and O–H groups in total. The fourth-order valence-corrected chi connectivity index (χ4v) is 2.21. The average Bonchev–Trinajstić information content (AvgIpc) is 2.82. The summed E-state index contributed by atoms with van der Waals surface area (Å²) in [7, 11) is 0. The number of fused-ring (bicyclic) bond motifs is 1. The van der Waals surface area contributed by atoms with Gasteiger partial charge in [-0.25, -0.2) is 9.97 Å². The summed E-state index contributed by atoms with van der Waals surface area (Å²) in [5, 5.41) is 1.08. The number of aromatic nitrogens is 3. The fourth-order valence-electron chi connectivity index (χ4n) is 2.21. The van der Waals surface area contributed by atoms with Crippen molar-refractivity contribution in [3.8, 4) is 17.0 Å². The molecule has 4 heteroatoms. The zero-order chi connectivity index (χ0) is 13.2. The first-order valence-corrected chi connectivity index (χ1v) is 6.31. The number of H-pyrrole nitrogens is 1. The Morgan fingerprint density at radius 3 is 2.68 bits per heavy atom. The molecule has 0 bridgehead atoms. The van der Waals surface area contributed by atoms with Gasteiger partial charge >= 0.3 is 0 Å². The summed E-state index contributed by atoms with van der Waals surface area (Å²) in [6.45, 7) is 4.71. The molecular formula is C15H15N3O. The number of ether oxygens (including phenoxy) is 1. The van der Waals surface area contributed by atoms with Crippen LogP contribution in [0, 0.1) is 6.92 Å². The van der Waals surface area contributed by atoms with E-state index in [1.807, 2.05) is 37.4 Å². The van der Waals surface area contributed by atoms with Crippen molar-refractivity contribution in [1.82, 2.24) is 15.0 Å². The molecular weight excluding hydrogens is 238 g/mol. The summed E-state index contributed by atoms with van der Waals surface area (Å²) < 4.78 is 5.45. The van der Waals surface area contributed by atoms with Crippen molar-refractivity contribution < 1.29 is 4.74 Å². The van der Waals surface area contributed by atoms with Crippen LogP contribution < -0.4 is 4.74 Å². The third kappa shape index (κ3) is 2.05. The Morgan fingerprint density at radius 1 is 1.16 bits per heavy atom. The quantitative estimate of drug-likeness (QED) is 0.779. The van der Waals surface area contributed by atoms with Gasteiger partial charge in [0.25, 0.3) is 0 Å². The van der Waals surface area contributed by atoms with Gasteiger partial charge in [0, 0.05) is 17.1 Å². The number of aromatic amines is 1. The zero-order valence-electron chi connectivity index (χ0n) is 11.0. The van der Waals surface area contributed by atoms with Crippen LogP contribution in [-0.2, 0) is 0 Å². The van der Waals surface area contributed by atoms with Crippen LogP contribution in [0.5, 0.6) is 5.75 Å². The van der Waals surface area contributed by atoms with Crippen molar-refractivity contribution in [2.75, 3.05) is 6.61 Å². The molecule has 0 unspecified atom stereocenters. The number of aryl methyl sites for hydroxylation is 1. The van der Waals surface area contributed by atoms with Gasteiger partial charge in [-0.2, -0.15) is 0 Å². The molecule has 1 aromatic carbocycles. The minimum absolute atomic E-state index is 0.675. The standard InChI is InChI=1S/C15H15N3O/c1-3-19-12-6-4-11(5-7-12)14-13-10(2)8-16-15(13)18-9-17-14/h4-9H,3H2,1-2H3,(H,16,17,18).